The van der Waals surface area contributed by atoms with Crippen molar-refractivity contribution >= 4 is 69.2 Å². The number of piperidine rings is 1. The standard InChI is InChI=1S/C34H34Cl2IN3O4/c1-40(2)32(42)19-5-4-8-24(12-9-19)44-29-14-11-23(37)17-25(29)31-34(26-13-10-22(36)16-28(26)38-33(34)43)27(18-30(41)39-31)20-6-3-7-21(35)15-20/h3,6-7,10-11,13-17,19,24,27,31H,4-5,8-9,12,18H2,1-2H3,(H,38,43)(H,39,41)/t19?,24?,27-,31+,34-/m0/s1. The number of anilines is 1. The van der Waals surface area contributed by atoms with E-state index >= 15 is 0 Å². The van der Waals surface area contributed by atoms with Gasteiger partial charge in [0.15, 0.2) is 0 Å². The number of benzene rings is 3. The number of halogens is 3. The number of nitrogens with zero attached hydrogens (tertiary/aromatic N) is 1. The van der Waals surface area contributed by atoms with Gasteiger partial charge >= 0.3 is 0 Å². The number of hydrogen-bond donors (Lipinski definition) is 2. The number of ether oxygens (including phenoxy) is 1. The molecule has 1 saturated carbocycles. The smallest absolute Gasteiger partial charge is 0.238 e. The number of carbonyl (C=O) groups is 3. The number of fused-ring (bicyclic) bond motifs is 2. The van der Waals surface area contributed by atoms with E-state index in [0.717, 1.165) is 52.4 Å². The van der Waals surface area contributed by atoms with Gasteiger partial charge in [-0.25, -0.2) is 0 Å². The van der Waals surface area contributed by atoms with E-state index in [-0.39, 0.29) is 36.2 Å². The Morgan fingerprint density at radius 3 is 2.55 bits per heavy atom. The molecule has 2 aliphatic heterocycles. The summed E-state index contributed by atoms with van der Waals surface area (Å²) in [6.45, 7) is 0. The summed E-state index contributed by atoms with van der Waals surface area (Å²) in [7, 11) is 3.60. The molecule has 1 aliphatic carbocycles. The van der Waals surface area contributed by atoms with Gasteiger partial charge in [0.25, 0.3) is 0 Å². The third kappa shape index (κ3) is 5.69. The maximum absolute atomic E-state index is 14.4. The third-order valence-corrected chi connectivity index (χ3v) is 10.4. The van der Waals surface area contributed by atoms with E-state index in [2.05, 4.69) is 33.2 Å². The van der Waals surface area contributed by atoms with Gasteiger partial charge in [-0.05, 0) is 108 Å². The molecule has 10 heteroatoms. The van der Waals surface area contributed by atoms with Gasteiger partial charge in [0.05, 0.1) is 12.1 Å². The molecule has 7 nitrogen and oxygen atoms in total. The number of hydrogen-bond acceptors (Lipinski definition) is 4. The van der Waals surface area contributed by atoms with Crippen LogP contribution >= 0.6 is 45.8 Å². The van der Waals surface area contributed by atoms with E-state index in [4.69, 9.17) is 27.9 Å². The molecule has 0 bridgehead atoms. The molecule has 3 amide bonds. The minimum Gasteiger partial charge on any atom is -0.490 e. The number of amides is 3. The van der Waals surface area contributed by atoms with Gasteiger partial charge in [-0.15, -0.1) is 0 Å². The number of carbonyl (C=O) groups excluding carboxylic acids is 3. The van der Waals surface area contributed by atoms with Crippen molar-refractivity contribution in [2.75, 3.05) is 19.4 Å². The Morgan fingerprint density at radius 2 is 1.77 bits per heavy atom. The Hall–Kier alpha value is -2.82. The highest BCUT2D eigenvalue weighted by molar-refractivity contribution is 14.1. The second-order valence-corrected chi connectivity index (χ2v) is 14.3. The Morgan fingerprint density at radius 1 is 0.977 bits per heavy atom. The van der Waals surface area contributed by atoms with Crippen LogP contribution in [0.2, 0.25) is 10.0 Å². The second kappa shape index (κ2) is 12.5. The van der Waals surface area contributed by atoms with E-state index in [0.29, 0.717) is 21.5 Å². The second-order valence-electron chi connectivity index (χ2n) is 12.2. The van der Waals surface area contributed by atoms with Crippen LogP contribution in [0.1, 0.15) is 67.2 Å². The van der Waals surface area contributed by atoms with E-state index in [1.54, 1.807) is 37.2 Å². The lowest BCUT2D eigenvalue weighted by Crippen LogP contribution is -2.57. The van der Waals surface area contributed by atoms with Crippen LogP contribution in [-0.2, 0) is 19.8 Å². The van der Waals surface area contributed by atoms with Gasteiger partial charge < -0.3 is 20.3 Å². The molecule has 2 unspecified atom stereocenters. The molecule has 1 spiro atoms. The normalized spacial score (nSPS) is 26.4. The zero-order valence-electron chi connectivity index (χ0n) is 24.5. The zero-order valence-corrected chi connectivity index (χ0v) is 28.2. The summed E-state index contributed by atoms with van der Waals surface area (Å²) < 4.78 is 7.70. The van der Waals surface area contributed by atoms with Crippen molar-refractivity contribution < 1.29 is 19.1 Å². The van der Waals surface area contributed by atoms with Crippen molar-refractivity contribution in [1.82, 2.24) is 10.2 Å². The summed E-state index contributed by atoms with van der Waals surface area (Å²) in [5, 5.41) is 7.35. The predicted molar refractivity (Wildman–Crippen MR) is 180 cm³/mol. The summed E-state index contributed by atoms with van der Waals surface area (Å²) in [4.78, 5) is 42.4. The van der Waals surface area contributed by atoms with Crippen molar-refractivity contribution in [3.63, 3.8) is 0 Å². The van der Waals surface area contributed by atoms with Gasteiger partial charge in [0, 0.05) is 57.2 Å². The maximum atomic E-state index is 14.4. The summed E-state index contributed by atoms with van der Waals surface area (Å²) in [5.41, 5.74) is 1.74. The average Bonchev–Trinajstić information content (AvgIpc) is 3.10. The first-order valence-electron chi connectivity index (χ1n) is 14.9. The molecule has 5 atom stereocenters. The highest BCUT2D eigenvalue weighted by Crippen LogP contribution is 2.58. The average molecular weight is 746 g/mol. The summed E-state index contributed by atoms with van der Waals surface area (Å²) >= 11 is 15.1. The summed E-state index contributed by atoms with van der Waals surface area (Å²) in [5.74, 6) is -0.118. The minimum absolute atomic E-state index is 0.0142. The molecule has 2 fully saturated rings. The molecule has 44 heavy (non-hydrogen) atoms. The van der Waals surface area contributed by atoms with Gasteiger partial charge in [-0.3, -0.25) is 14.4 Å². The van der Waals surface area contributed by atoms with E-state index in [1.807, 2.05) is 42.5 Å². The Kier molecular flexibility index (Phi) is 8.87. The highest BCUT2D eigenvalue weighted by Gasteiger charge is 2.61. The Balaban J connectivity index is 1.45. The van der Waals surface area contributed by atoms with Crippen molar-refractivity contribution in [3.8, 4) is 5.75 Å². The largest absolute Gasteiger partial charge is 0.490 e. The molecule has 1 saturated heterocycles. The van der Waals surface area contributed by atoms with Gasteiger partial charge in [-0.1, -0.05) is 41.4 Å². The van der Waals surface area contributed by atoms with Crippen LogP contribution in [0.4, 0.5) is 5.69 Å². The van der Waals surface area contributed by atoms with Crippen LogP contribution in [0.3, 0.4) is 0 Å². The Bertz CT molecular complexity index is 1630. The fraction of sp³-hybridized carbons (Fsp3) is 0.382. The molecule has 2 N–H and O–H groups in total. The summed E-state index contributed by atoms with van der Waals surface area (Å²) in [6, 6.07) is 18.0. The lowest BCUT2D eigenvalue weighted by atomic mass is 9.59. The van der Waals surface area contributed by atoms with Crippen molar-refractivity contribution in [2.24, 2.45) is 5.92 Å². The molecule has 0 radical (unpaired) electrons. The lowest BCUT2D eigenvalue weighted by Gasteiger charge is -2.46. The van der Waals surface area contributed by atoms with Gasteiger partial charge in [-0.2, -0.15) is 0 Å². The van der Waals surface area contributed by atoms with E-state index in [1.165, 1.54) is 0 Å². The summed E-state index contributed by atoms with van der Waals surface area (Å²) in [6.07, 6.45) is 4.03. The van der Waals surface area contributed by atoms with Gasteiger partial charge in [0.1, 0.15) is 11.2 Å². The van der Waals surface area contributed by atoms with Crippen molar-refractivity contribution in [2.45, 2.75) is 62.0 Å². The van der Waals surface area contributed by atoms with Crippen LogP contribution < -0.4 is 15.4 Å². The van der Waals surface area contributed by atoms with Crippen LogP contribution in [0.5, 0.6) is 5.75 Å². The molecule has 3 aromatic rings. The topological polar surface area (TPSA) is 87.7 Å². The van der Waals surface area contributed by atoms with Crippen molar-refractivity contribution in [1.29, 1.82) is 0 Å². The first kappa shape index (κ1) is 31.2. The van der Waals surface area contributed by atoms with Crippen LogP contribution in [0.25, 0.3) is 0 Å². The van der Waals surface area contributed by atoms with Crippen LogP contribution in [0, 0.1) is 9.49 Å². The van der Waals surface area contributed by atoms with Crippen LogP contribution in [0.15, 0.2) is 60.7 Å². The number of nitrogens with one attached hydrogen (secondary N) is 2. The monoisotopic (exact) mass is 745 g/mol. The first-order chi connectivity index (χ1) is 21.1. The Labute approximate surface area is 281 Å². The molecule has 6 rings (SSSR count). The quantitative estimate of drug-likeness (QED) is 0.213. The SMILES string of the molecule is CN(C)C(=O)C1CCCC(Oc2ccc(I)cc2[C@H]2NC(=O)C[C@@H](c3cccc(Cl)c3)[C@]23C(=O)Nc2cc(Cl)ccc23)CC1. The first-order valence-corrected chi connectivity index (χ1v) is 16.7. The third-order valence-electron chi connectivity index (χ3n) is 9.28. The van der Waals surface area contributed by atoms with Crippen LogP contribution in [-0.4, -0.2) is 42.8 Å². The zero-order chi connectivity index (χ0) is 31.2. The fourth-order valence-electron chi connectivity index (χ4n) is 7.30. The molecule has 230 valence electrons. The molecule has 3 aromatic carbocycles. The van der Waals surface area contributed by atoms with Gasteiger partial charge in [0.2, 0.25) is 17.7 Å². The lowest BCUT2D eigenvalue weighted by molar-refractivity contribution is -0.133. The fourth-order valence-corrected chi connectivity index (χ4v) is 8.19. The van der Waals surface area contributed by atoms with Crippen molar-refractivity contribution in [3.05, 3.63) is 91.0 Å². The molecule has 3 aliphatic rings. The minimum atomic E-state index is -1.20. The molecular weight excluding hydrogens is 712 g/mol. The molecule has 0 aromatic heterocycles. The molecule has 2 heterocycles. The van der Waals surface area contributed by atoms with E-state index < -0.39 is 17.4 Å². The molecular formula is C34H34Cl2IN3O4. The highest BCUT2D eigenvalue weighted by atomic mass is 127. The maximum Gasteiger partial charge on any atom is 0.238 e. The van der Waals surface area contributed by atoms with E-state index in [9.17, 15) is 14.4 Å². The number of rotatable bonds is 5. The predicted octanol–water partition coefficient (Wildman–Crippen LogP) is 7.25.